The molecule has 13 heavy (non-hydrogen) atoms. The van der Waals surface area contributed by atoms with Crippen molar-refractivity contribution in [3.05, 3.63) is 35.0 Å². The summed E-state index contributed by atoms with van der Waals surface area (Å²) >= 11 is 5.87. The molecule has 0 saturated carbocycles. The summed E-state index contributed by atoms with van der Waals surface area (Å²) in [5.41, 5.74) is 7.85. The minimum Gasteiger partial charge on any atom is -0.345 e. The highest BCUT2D eigenvalue weighted by Gasteiger charge is 2.02. The Kier molecular flexibility index (Phi) is 2.25. The van der Waals surface area contributed by atoms with Crippen LogP contribution < -0.4 is 5.73 Å². The molecule has 0 bridgehead atoms. The fourth-order valence-electron chi connectivity index (χ4n) is 1.55. The van der Waals surface area contributed by atoms with E-state index in [-0.39, 0.29) is 0 Å². The molecule has 0 aliphatic rings. The van der Waals surface area contributed by atoms with Gasteiger partial charge in [0.25, 0.3) is 0 Å². The summed E-state index contributed by atoms with van der Waals surface area (Å²) < 4.78 is 0. The normalized spacial score (nSPS) is 10.9. The van der Waals surface area contributed by atoms with Crippen LogP contribution in [0.25, 0.3) is 10.9 Å². The smallest absolute Gasteiger partial charge is 0.107 e. The second kappa shape index (κ2) is 3.40. The standard InChI is InChI=1S/C10H11ClN2/c11-9-6-8-3-1-2-7(4-5-12)10(8)13-9/h1-3,6,13H,4-5,12H2. The number of benzene rings is 1. The maximum Gasteiger partial charge on any atom is 0.107 e. The molecule has 0 fully saturated rings. The van der Waals surface area contributed by atoms with Crippen molar-refractivity contribution in [2.45, 2.75) is 6.42 Å². The molecule has 68 valence electrons. The van der Waals surface area contributed by atoms with Crippen LogP contribution in [0.2, 0.25) is 5.15 Å². The molecule has 0 spiro atoms. The van der Waals surface area contributed by atoms with E-state index in [0.29, 0.717) is 11.7 Å². The van der Waals surface area contributed by atoms with Crippen LogP contribution in [-0.4, -0.2) is 11.5 Å². The topological polar surface area (TPSA) is 41.8 Å². The van der Waals surface area contributed by atoms with Gasteiger partial charge >= 0.3 is 0 Å². The van der Waals surface area contributed by atoms with Crippen LogP contribution >= 0.6 is 11.6 Å². The summed E-state index contributed by atoms with van der Waals surface area (Å²) in [6.07, 6.45) is 0.883. The summed E-state index contributed by atoms with van der Waals surface area (Å²) in [6, 6.07) is 8.06. The fourth-order valence-corrected chi connectivity index (χ4v) is 1.76. The Bertz CT molecular complexity index is 420. The molecular weight excluding hydrogens is 184 g/mol. The van der Waals surface area contributed by atoms with Crippen LogP contribution in [0.1, 0.15) is 5.56 Å². The number of halogens is 1. The van der Waals surface area contributed by atoms with Gasteiger partial charge in [-0.25, -0.2) is 0 Å². The lowest BCUT2D eigenvalue weighted by molar-refractivity contribution is 0.974. The van der Waals surface area contributed by atoms with Gasteiger partial charge in [-0.15, -0.1) is 0 Å². The second-order valence-corrected chi connectivity index (χ2v) is 3.44. The van der Waals surface area contributed by atoms with Crippen molar-refractivity contribution >= 4 is 22.5 Å². The molecule has 0 radical (unpaired) electrons. The SMILES string of the molecule is NCCc1cccc2cc(Cl)[nH]c12. The van der Waals surface area contributed by atoms with Gasteiger partial charge in [0.05, 0.1) is 0 Å². The molecule has 1 heterocycles. The number of hydrogen-bond acceptors (Lipinski definition) is 1. The zero-order valence-electron chi connectivity index (χ0n) is 7.18. The molecule has 3 heteroatoms. The zero-order chi connectivity index (χ0) is 9.26. The van der Waals surface area contributed by atoms with Crippen molar-refractivity contribution in [2.24, 2.45) is 5.73 Å². The monoisotopic (exact) mass is 194 g/mol. The molecule has 3 N–H and O–H groups in total. The van der Waals surface area contributed by atoms with E-state index in [2.05, 4.69) is 11.1 Å². The van der Waals surface area contributed by atoms with E-state index >= 15 is 0 Å². The third-order valence-electron chi connectivity index (χ3n) is 2.12. The molecule has 2 aromatic rings. The van der Waals surface area contributed by atoms with Crippen LogP contribution in [0.3, 0.4) is 0 Å². The molecule has 2 rings (SSSR count). The van der Waals surface area contributed by atoms with E-state index in [1.165, 1.54) is 5.56 Å². The molecule has 0 atom stereocenters. The Morgan fingerprint density at radius 2 is 2.23 bits per heavy atom. The van der Waals surface area contributed by atoms with Crippen LogP contribution in [0.15, 0.2) is 24.3 Å². The Labute approximate surface area is 81.7 Å². The second-order valence-electron chi connectivity index (χ2n) is 3.04. The minimum atomic E-state index is 0.662. The first-order chi connectivity index (χ1) is 6.31. The van der Waals surface area contributed by atoms with Gasteiger partial charge < -0.3 is 10.7 Å². The predicted molar refractivity (Wildman–Crippen MR) is 56.1 cm³/mol. The molecule has 0 amide bonds. The molecule has 1 aromatic heterocycles. The van der Waals surface area contributed by atoms with Crippen LogP contribution in [0.4, 0.5) is 0 Å². The zero-order valence-corrected chi connectivity index (χ0v) is 7.93. The third-order valence-corrected chi connectivity index (χ3v) is 2.33. The number of para-hydroxylation sites is 1. The summed E-state index contributed by atoms with van der Waals surface area (Å²) in [5, 5.41) is 1.83. The lowest BCUT2D eigenvalue weighted by Gasteiger charge is -1.99. The first kappa shape index (κ1) is 8.60. The van der Waals surface area contributed by atoms with Gasteiger partial charge in [-0.1, -0.05) is 29.8 Å². The first-order valence-electron chi connectivity index (χ1n) is 4.27. The molecule has 1 aromatic carbocycles. The molecule has 0 unspecified atom stereocenters. The van der Waals surface area contributed by atoms with Crippen molar-refractivity contribution in [3.63, 3.8) is 0 Å². The summed E-state index contributed by atoms with van der Waals surface area (Å²) in [4.78, 5) is 3.12. The van der Waals surface area contributed by atoms with Gasteiger partial charge in [0.15, 0.2) is 0 Å². The average Bonchev–Trinajstić information content (AvgIpc) is 2.47. The maximum atomic E-state index is 5.87. The van der Waals surface area contributed by atoms with Gasteiger partial charge in [0, 0.05) is 10.9 Å². The van der Waals surface area contributed by atoms with E-state index in [1.807, 2.05) is 18.2 Å². The van der Waals surface area contributed by atoms with Gasteiger partial charge in [0.2, 0.25) is 0 Å². The lowest BCUT2D eigenvalue weighted by atomic mass is 10.1. The average molecular weight is 195 g/mol. The van der Waals surface area contributed by atoms with Gasteiger partial charge in [-0.05, 0) is 24.6 Å². The maximum absolute atomic E-state index is 5.87. The Balaban J connectivity index is 2.60. The van der Waals surface area contributed by atoms with Crippen molar-refractivity contribution < 1.29 is 0 Å². The largest absolute Gasteiger partial charge is 0.345 e. The lowest BCUT2D eigenvalue weighted by Crippen LogP contribution is -2.02. The van der Waals surface area contributed by atoms with E-state index in [0.717, 1.165) is 17.3 Å². The van der Waals surface area contributed by atoms with Gasteiger partial charge in [0.1, 0.15) is 5.15 Å². The molecule has 0 saturated heterocycles. The highest BCUT2D eigenvalue weighted by atomic mass is 35.5. The number of aromatic nitrogens is 1. The molecule has 0 aliphatic carbocycles. The van der Waals surface area contributed by atoms with E-state index in [1.54, 1.807) is 0 Å². The quantitative estimate of drug-likeness (QED) is 0.757. The van der Waals surface area contributed by atoms with Crippen LogP contribution in [0, 0.1) is 0 Å². The highest BCUT2D eigenvalue weighted by Crippen LogP contribution is 2.22. The van der Waals surface area contributed by atoms with E-state index in [9.17, 15) is 0 Å². The number of nitrogens with one attached hydrogen (secondary N) is 1. The minimum absolute atomic E-state index is 0.662. The molecule has 0 aliphatic heterocycles. The van der Waals surface area contributed by atoms with Crippen LogP contribution in [-0.2, 0) is 6.42 Å². The summed E-state index contributed by atoms with van der Waals surface area (Å²) in [7, 11) is 0. The third kappa shape index (κ3) is 1.55. The number of nitrogens with two attached hydrogens (primary N) is 1. The summed E-state index contributed by atoms with van der Waals surface area (Å²) in [5.74, 6) is 0. The fraction of sp³-hybridized carbons (Fsp3) is 0.200. The number of hydrogen-bond donors (Lipinski definition) is 2. The van der Waals surface area contributed by atoms with Crippen molar-refractivity contribution in [1.82, 2.24) is 4.98 Å². The Hall–Kier alpha value is -0.990. The number of H-pyrrole nitrogens is 1. The van der Waals surface area contributed by atoms with Gasteiger partial charge in [-0.2, -0.15) is 0 Å². The van der Waals surface area contributed by atoms with Crippen molar-refractivity contribution in [2.75, 3.05) is 6.54 Å². The van der Waals surface area contributed by atoms with E-state index < -0.39 is 0 Å². The van der Waals surface area contributed by atoms with Crippen molar-refractivity contribution in [3.8, 4) is 0 Å². The van der Waals surface area contributed by atoms with Gasteiger partial charge in [-0.3, -0.25) is 0 Å². The Morgan fingerprint density at radius 3 is 3.00 bits per heavy atom. The number of fused-ring (bicyclic) bond motifs is 1. The Morgan fingerprint density at radius 1 is 1.38 bits per heavy atom. The molecule has 2 nitrogen and oxygen atoms in total. The predicted octanol–water partition coefficient (Wildman–Crippen LogP) is 2.32. The first-order valence-corrected chi connectivity index (χ1v) is 4.65. The summed E-state index contributed by atoms with van der Waals surface area (Å²) in [6.45, 7) is 0.662. The van der Waals surface area contributed by atoms with E-state index in [4.69, 9.17) is 17.3 Å². The molecular formula is C10H11ClN2. The highest BCUT2D eigenvalue weighted by molar-refractivity contribution is 6.30. The number of rotatable bonds is 2. The van der Waals surface area contributed by atoms with Crippen LogP contribution in [0.5, 0.6) is 0 Å². The number of aromatic amines is 1. The van der Waals surface area contributed by atoms with Crippen molar-refractivity contribution in [1.29, 1.82) is 0 Å².